The van der Waals surface area contributed by atoms with E-state index in [9.17, 15) is 27.5 Å². The normalized spacial score (nSPS) is 13.8. The van der Waals surface area contributed by atoms with Crippen molar-refractivity contribution in [2.75, 3.05) is 4.90 Å². The second-order valence-electron chi connectivity index (χ2n) is 7.34. The second-order valence-corrected chi connectivity index (χ2v) is 7.34. The van der Waals surface area contributed by atoms with Crippen molar-refractivity contribution in [3.63, 3.8) is 0 Å². The van der Waals surface area contributed by atoms with Crippen molar-refractivity contribution in [3.8, 4) is 0 Å². The van der Waals surface area contributed by atoms with E-state index in [0.717, 1.165) is 23.3 Å². The summed E-state index contributed by atoms with van der Waals surface area (Å²) in [6, 6.07) is 6.68. The molecule has 1 aliphatic rings. The van der Waals surface area contributed by atoms with Crippen LogP contribution in [0.2, 0.25) is 0 Å². The molecule has 0 radical (unpaired) electrons. The molecule has 3 aromatic rings. The minimum absolute atomic E-state index is 0.0163. The predicted octanol–water partition coefficient (Wildman–Crippen LogP) is 5.99. The summed E-state index contributed by atoms with van der Waals surface area (Å²) in [6.07, 6.45) is -0.208. The molecule has 0 unspecified atom stereocenters. The number of hydrogen-bond acceptors (Lipinski definition) is 4. The van der Waals surface area contributed by atoms with Crippen LogP contribution in [0.1, 0.15) is 46.1 Å². The lowest BCUT2D eigenvalue weighted by Crippen LogP contribution is -2.18. The van der Waals surface area contributed by atoms with Crippen LogP contribution in [0, 0.1) is 12.7 Å². The summed E-state index contributed by atoms with van der Waals surface area (Å²) in [5.74, 6) is -1.57. The van der Waals surface area contributed by atoms with E-state index in [1.165, 1.54) is 24.5 Å². The van der Waals surface area contributed by atoms with Crippen LogP contribution in [0.25, 0.3) is 0 Å². The Labute approximate surface area is 175 Å². The first-order valence-corrected chi connectivity index (χ1v) is 9.48. The summed E-state index contributed by atoms with van der Waals surface area (Å²) < 4.78 is 54.8. The first-order valence-electron chi connectivity index (χ1n) is 9.48. The molecule has 1 fully saturated rings. The largest absolute Gasteiger partial charge is 0.478 e. The molecule has 31 heavy (non-hydrogen) atoms. The SMILES string of the molecule is Cc1ncc(N(c2cc(C(F)(F)F)ccc2F)c2ccc(C3CC3)cc2C(=O)O)cn1. The van der Waals surface area contributed by atoms with Crippen molar-refractivity contribution in [3.05, 3.63) is 77.1 Å². The molecule has 1 aromatic heterocycles. The van der Waals surface area contributed by atoms with E-state index >= 15 is 0 Å². The number of rotatable bonds is 5. The van der Waals surface area contributed by atoms with Gasteiger partial charge in [0.15, 0.2) is 0 Å². The summed E-state index contributed by atoms with van der Waals surface area (Å²) in [6.45, 7) is 1.62. The molecule has 0 aliphatic heterocycles. The molecule has 0 spiro atoms. The van der Waals surface area contributed by atoms with Gasteiger partial charge in [-0.3, -0.25) is 0 Å². The number of carboxylic acids is 1. The molecule has 4 rings (SSSR count). The molecule has 2 aromatic carbocycles. The third-order valence-electron chi connectivity index (χ3n) is 5.08. The average molecular weight is 431 g/mol. The molecule has 0 saturated heterocycles. The molecule has 0 atom stereocenters. The van der Waals surface area contributed by atoms with Crippen molar-refractivity contribution in [1.29, 1.82) is 0 Å². The number of hydrogen-bond donors (Lipinski definition) is 1. The molecule has 1 N–H and O–H groups in total. The van der Waals surface area contributed by atoms with Gasteiger partial charge in [-0.15, -0.1) is 0 Å². The van der Waals surface area contributed by atoms with Gasteiger partial charge in [-0.1, -0.05) is 6.07 Å². The highest BCUT2D eigenvalue weighted by molar-refractivity contribution is 5.98. The van der Waals surface area contributed by atoms with Crippen LogP contribution < -0.4 is 4.90 Å². The Kier molecular flexibility index (Phi) is 5.12. The maximum Gasteiger partial charge on any atom is 0.416 e. The lowest BCUT2D eigenvalue weighted by Gasteiger charge is -2.27. The van der Waals surface area contributed by atoms with Crippen molar-refractivity contribution in [1.82, 2.24) is 9.97 Å². The molecule has 1 heterocycles. The highest BCUT2D eigenvalue weighted by Gasteiger charge is 2.33. The van der Waals surface area contributed by atoms with Gasteiger partial charge in [0, 0.05) is 0 Å². The highest BCUT2D eigenvalue weighted by Crippen LogP contribution is 2.44. The third-order valence-corrected chi connectivity index (χ3v) is 5.08. The number of halogens is 4. The quantitative estimate of drug-likeness (QED) is 0.503. The van der Waals surface area contributed by atoms with Crippen molar-refractivity contribution in [2.24, 2.45) is 0 Å². The number of alkyl halides is 3. The van der Waals surface area contributed by atoms with Gasteiger partial charge in [-0.25, -0.2) is 19.2 Å². The third kappa shape index (κ3) is 4.21. The highest BCUT2D eigenvalue weighted by atomic mass is 19.4. The number of aromatic carboxylic acids is 1. The number of aromatic nitrogens is 2. The number of nitrogens with zero attached hydrogens (tertiary/aromatic N) is 3. The molecule has 5 nitrogen and oxygen atoms in total. The monoisotopic (exact) mass is 431 g/mol. The lowest BCUT2D eigenvalue weighted by atomic mass is 10.0. The minimum Gasteiger partial charge on any atom is -0.478 e. The standard InChI is InChI=1S/C22H17F4N3O2/c1-12-27-10-16(11-28-12)29(20-9-15(22(24,25)26)5-6-18(20)23)19-7-4-14(13-2-3-13)8-17(19)21(30)31/h4-11,13H,2-3H2,1H3,(H,30,31). The number of benzene rings is 2. The Bertz CT molecular complexity index is 1140. The fraction of sp³-hybridized carbons (Fsp3) is 0.227. The summed E-state index contributed by atoms with van der Waals surface area (Å²) in [5, 5.41) is 9.80. The van der Waals surface area contributed by atoms with Crippen molar-refractivity contribution in [2.45, 2.75) is 31.9 Å². The van der Waals surface area contributed by atoms with Gasteiger partial charge in [0.1, 0.15) is 11.6 Å². The first-order chi connectivity index (χ1) is 14.6. The first kappa shape index (κ1) is 20.8. The van der Waals surface area contributed by atoms with Gasteiger partial charge in [0.25, 0.3) is 0 Å². The maximum atomic E-state index is 14.8. The zero-order chi connectivity index (χ0) is 22.3. The average Bonchev–Trinajstić information content (AvgIpc) is 3.55. The molecule has 0 bridgehead atoms. The van der Waals surface area contributed by atoms with E-state index in [4.69, 9.17) is 0 Å². The molecule has 9 heteroatoms. The van der Waals surface area contributed by atoms with E-state index in [0.29, 0.717) is 24.0 Å². The Balaban J connectivity index is 1.95. The summed E-state index contributed by atoms with van der Waals surface area (Å²) in [4.78, 5) is 21.2. The van der Waals surface area contributed by atoms with E-state index in [2.05, 4.69) is 9.97 Å². The van der Waals surface area contributed by atoms with Crippen molar-refractivity contribution < 1.29 is 27.5 Å². The van der Waals surface area contributed by atoms with Gasteiger partial charge in [-0.05, 0) is 61.6 Å². The van der Waals surface area contributed by atoms with Crippen LogP contribution in [0.15, 0.2) is 48.8 Å². The predicted molar refractivity (Wildman–Crippen MR) is 105 cm³/mol. The molecule has 1 aliphatic carbocycles. The van der Waals surface area contributed by atoms with E-state index < -0.39 is 29.2 Å². The van der Waals surface area contributed by atoms with Crippen LogP contribution >= 0.6 is 0 Å². The van der Waals surface area contributed by atoms with Crippen LogP contribution in [0.5, 0.6) is 0 Å². The molecule has 1 saturated carbocycles. The van der Waals surface area contributed by atoms with Gasteiger partial charge in [0.2, 0.25) is 0 Å². The van der Waals surface area contributed by atoms with Gasteiger partial charge < -0.3 is 10.0 Å². The fourth-order valence-corrected chi connectivity index (χ4v) is 3.36. The topological polar surface area (TPSA) is 66.3 Å². The summed E-state index contributed by atoms with van der Waals surface area (Å²) >= 11 is 0. The Morgan fingerprint density at radius 1 is 1.06 bits per heavy atom. The van der Waals surface area contributed by atoms with Gasteiger partial charge >= 0.3 is 12.1 Å². The molecular formula is C22H17F4N3O2. The zero-order valence-electron chi connectivity index (χ0n) is 16.3. The Morgan fingerprint density at radius 3 is 2.32 bits per heavy atom. The number of aryl methyl sites for hydroxylation is 1. The Morgan fingerprint density at radius 2 is 1.74 bits per heavy atom. The summed E-state index contributed by atoms with van der Waals surface area (Å²) in [5.41, 5.74) is -0.696. The lowest BCUT2D eigenvalue weighted by molar-refractivity contribution is -0.137. The van der Waals surface area contributed by atoms with E-state index in [-0.39, 0.29) is 22.9 Å². The van der Waals surface area contributed by atoms with Gasteiger partial charge in [0.05, 0.1) is 40.6 Å². The van der Waals surface area contributed by atoms with Crippen LogP contribution in [0.4, 0.5) is 34.6 Å². The molecule has 0 amide bonds. The van der Waals surface area contributed by atoms with Crippen LogP contribution in [-0.4, -0.2) is 21.0 Å². The van der Waals surface area contributed by atoms with E-state index in [1.807, 2.05) is 0 Å². The smallest absolute Gasteiger partial charge is 0.416 e. The van der Waals surface area contributed by atoms with Crippen molar-refractivity contribution >= 4 is 23.0 Å². The Hall–Kier alpha value is -3.49. The number of carboxylic acid groups (broad SMARTS) is 1. The number of anilines is 3. The molecule has 160 valence electrons. The van der Waals surface area contributed by atoms with Crippen LogP contribution in [-0.2, 0) is 6.18 Å². The number of carbonyl (C=O) groups is 1. The summed E-state index contributed by atoms with van der Waals surface area (Å²) in [7, 11) is 0. The second kappa shape index (κ2) is 7.64. The van der Waals surface area contributed by atoms with E-state index in [1.54, 1.807) is 13.0 Å². The zero-order valence-corrected chi connectivity index (χ0v) is 16.3. The minimum atomic E-state index is -4.71. The van der Waals surface area contributed by atoms with Crippen LogP contribution in [0.3, 0.4) is 0 Å². The maximum absolute atomic E-state index is 14.8. The van der Waals surface area contributed by atoms with Gasteiger partial charge in [-0.2, -0.15) is 13.2 Å². The molecular weight excluding hydrogens is 414 g/mol. The fourth-order valence-electron chi connectivity index (χ4n) is 3.36.